The van der Waals surface area contributed by atoms with Crippen LogP contribution in [0.15, 0.2) is 24.4 Å². The molecular weight excluding hydrogens is 274 g/mol. The highest BCUT2D eigenvalue weighted by atomic mass is 32.1. The molecule has 0 aliphatic rings. The Morgan fingerprint density at radius 3 is 2.80 bits per heavy atom. The molecule has 0 saturated heterocycles. The second kappa shape index (κ2) is 6.11. The molecular formula is C14H17N3O2S. The molecule has 1 unspecified atom stereocenters. The van der Waals surface area contributed by atoms with E-state index in [4.69, 9.17) is 0 Å². The molecule has 106 valence electrons. The standard InChI is InChI=1S/C14H17N3O2S/c1-9-4-5-12(6-14(9)17(18)19)10(2)15-7-13-8-16-11(3)20-13/h4-6,8,10,15H,7H2,1-3H3. The second-order valence-corrected chi connectivity index (χ2v) is 6.07. The van der Waals surface area contributed by atoms with E-state index in [1.54, 1.807) is 30.4 Å². The predicted molar refractivity (Wildman–Crippen MR) is 79.9 cm³/mol. The number of nitro benzene ring substituents is 1. The fraction of sp³-hybridized carbons (Fsp3) is 0.357. The number of nitro groups is 1. The first-order chi connectivity index (χ1) is 9.47. The molecule has 0 saturated carbocycles. The predicted octanol–water partition coefficient (Wildman–Crippen LogP) is 3.52. The minimum Gasteiger partial charge on any atom is -0.305 e. The first-order valence-electron chi connectivity index (χ1n) is 6.37. The minimum atomic E-state index is -0.335. The van der Waals surface area contributed by atoms with Gasteiger partial charge in [0.25, 0.3) is 5.69 Å². The Morgan fingerprint density at radius 2 is 2.20 bits per heavy atom. The van der Waals surface area contributed by atoms with Gasteiger partial charge in [-0.2, -0.15) is 0 Å². The van der Waals surface area contributed by atoms with Crippen LogP contribution in [0, 0.1) is 24.0 Å². The SMILES string of the molecule is Cc1ncc(CNC(C)c2ccc(C)c([N+](=O)[O-])c2)s1. The summed E-state index contributed by atoms with van der Waals surface area (Å²) in [5, 5.41) is 15.4. The molecule has 0 bridgehead atoms. The molecule has 6 heteroatoms. The molecule has 0 fully saturated rings. The van der Waals surface area contributed by atoms with Gasteiger partial charge in [0.2, 0.25) is 0 Å². The van der Waals surface area contributed by atoms with Crippen LogP contribution in [0.1, 0.15) is 34.0 Å². The van der Waals surface area contributed by atoms with Crippen molar-refractivity contribution in [3.05, 3.63) is 55.5 Å². The summed E-state index contributed by atoms with van der Waals surface area (Å²) >= 11 is 1.65. The van der Waals surface area contributed by atoms with Crippen molar-refractivity contribution in [2.24, 2.45) is 0 Å². The summed E-state index contributed by atoms with van der Waals surface area (Å²) < 4.78 is 0. The number of thiazole rings is 1. The molecule has 2 aromatic rings. The number of rotatable bonds is 5. The van der Waals surface area contributed by atoms with Crippen LogP contribution in [0.2, 0.25) is 0 Å². The summed E-state index contributed by atoms with van der Waals surface area (Å²) in [5.41, 5.74) is 1.78. The normalized spacial score (nSPS) is 12.3. The summed E-state index contributed by atoms with van der Waals surface area (Å²) in [7, 11) is 0. The smallest absolute Gasteiger partial charge is 0.272 e. The average Bonchev–Trinajstić information content (AvgIpc) is 2.82. The summed E-state index contributed by atoms with van der Waals surface area (Å²) in [6, 6.07) is 5.42. The van der Waals surface area contributed by atoms with E-state index in [9.17, 15) is 10.1 Å². The fourth-order valence-electron chi connectivity index (χ4n) is 1.95. The van der Waals surface area contributed by atoms with Gasteiger partial charge in [-0.3, -0.25) is 10.1 Å². The Morgan fingerprint density at radius 1 is 1.45 bits per heavy atom. The molecule has 2 rings (SSSR count). The van der Waals surface area contributed by atoms with Gasteiger partial charge in [-0.25, -0.2) is 4.98 Å². The Kier molecular flexibility index (Phi) is 4.46. The van der Waals surface area contributed by atoms with E-state index in [0.717, 1.165) is 15.4 Å². The van der Waals surface area contributed by atoms with Gasteiger partial charge in [-0.15, -0.1) is 11.3 Å². The molecule has 0 spiro atoms. The van der Waals surface area contributed by atoms with Crippen LogP contribution in [-0.2, 0) is 6.54 Å². The second-order valence-electron chi connectivity index (χ2n) is 4.75. The third kappa shape index (κ3) is 3.40. The first kappa shape index (κ1) is 14.6. The topological polar surface area (TPSA) is 68.1 Å². The highest BCUT2D eigenvalue weighted by molar-refractivity contribution is 7.11. The Hall–Kier alpha value is -1.79. The number of hydrogen-bond acceptors (Lipinski definition) is 5. The lowest BCUT2D eigenvalue weighted by Crippen LogP contribution is -2.17. The van der Waals surface area contributed by atoms with E-state index in [0.29, 0.717) is 12.1 Å². The largest absolute Gasteiger partial charge is 0.305 e. The van der Waals surface area contributed by atoms with Crippen LogP contribution in [0.5, 0.6) is 0 Å². The lowest BCUT2D eigenvalue weighted by molar-refractivity contribution is -0.385. The summed E-state index contributed by atoms with van der Waals surface area (Å²) in [6.45, 7) is 6.44. The van der Waals surface area contributed by atoms with E-state index in [2.05, 4.69) is 10.3 Å². The summed E-state index contributed by atoms with van der Waals surface area (Å²) in [4.78, 5) is 16.0. The molecule has 5 nitrogen and oxygen atoms in total. The number of aromatic nitrogens is 1. The van der Waals surface area contributed by atoms with Crippen molar-refractivity contribution < 1.29 is 4.92 Å². The van der Waals surface area contributed by atoms with E-state index >= 15 is 0 Å². The van der Waals surface area contributed by atoms with Crippen molar-refractivity contribution in [1.82, 2.24) is 10.3 Å². The van der Waals surface area contributed by atoms with Gasteiger partial charge >= 0.3 is 0 Å². The lowest BCUT2D eigenvalue weighted by atomic mass is 10.0. The molecule has 0 radical (unpaired) electrons. The maximum atomic E-state index is 11.0. The first-order valence-corrected chi connectivity index (χ1v) is 7.18. The third-order valence-corrected chi connectivity index (χ3v) is 4.09. The Bertz CT molecular complexity index is 625. The van der Waals surface area contributed by atoms with Gasteiger partial charge in [0, 0.05) is 35.3 Å². The average molecular weight is 291 g/mol. The highest BCUT2D eigenvalue weighted by Crippen LogP contribution is 2.23. The van der Waals surface area contributed by atoms with Crippen LogP contribution >= 0.6 is 11.3 Å². The molecule has 0 aliphatic carbocycles. The Balaban J connectivity index is 2.07. The van der Waals surface area contributed by atoms with Gasteiger partial charge in [-0.05, 0) is 26.3 Å². The number of aryl methyl sites for hydroxylation is 2. The van der Waals surface area contributed by atoms with Gasteiger partial charge in [0.05, 0.1) is 9.93 Å². The van der Waals surface area contributed by atoms with Gasteiger partial charge in [0.15, 0.2) is 0 Å². The molecule has 0 aliphatic heterocycles. The molecule has 0 amide bonds. The number of benzene rings is 1. The maximum Gasteiger partial charge on any atom is 0.272 e. The summed E-state index contributed by atoms with van der Waals surface area (Å²) in [5.74, 6) is 0. The molecule has 1 heterocycles. The van der Waals surface area contributed by atoms with Crippen LogP contribution in [-0.4, -0.2) is 9.91 Å². The van der Waals surface area contributed by atoms with Crippen molar-refractivity contribution >= 4 is 17.0 Å². The molecule has 1 N–H and O–H groups in total. The number of nitrogens with zero attached hydrogens (tertiary/aromatic N) is 2. The Labute approximate surface area is 121 Å². The van der Waals surface area contributed by atoms with Crippen molar-refractivity contribution in [2.75, 3.05) is 0 Å². The van der Waals surface area contributed by atoms with Crippen molar-refractivity contribution in [3.63, 3.8) is 0 Å². The van der Waals surface area contributed by atoms with Crippen LogP contribution in [0.4, 0.5) is 5.69 Å². The van der Waals surface area contributed by atoms with Crippen molar-refractivity contribution in [2.45, 2.75) is 33.4 Å². The zero-order valence-electron chi connectivity index (χ0n) is 11.7. The fourth-order valence-corrected chi connectivity index (χ4v) is 2.70. The van der Waals surface area contributed by atoms with E-state index in [-0.39, 0.29) is 16.7 Å². The van der Waals surface area contributed by atoms with E-state index in [1.165, 1.54) is 0 Å². The zero-order valence-corrected chi connectivity index (χ0v) is 12.5. The van der Waals surface area contributed by atoms with Crippen LogP contribution < -0.4 is 5.32 Å². The number of hydrogen-bond donors (Lipinski definition) is 1. The number of nitrogens with one attached hydrogen (secondary N) is 1. The van der Waals surface area contributed by atoms with Gasteiger partial charge in [0.1, 0.15) is 0 Å². The van der Waals surface area contributed by atoms with Gasteiger partial charge in [-0.1, -0.05) is 12.1 Å². The molecule has 1 aromatic carbocycles. The lowest BCUT2D eigenvalue weighted by Gasteiger charge is -2.13. The highest BCUT2D eigenvalue weighted by Gasteiger charge is 2.14. The molecule has 1 atom stereocenters. The third-order valence-electron chi connectivity index (χ3n) is 3.18. The monoisotopic (exact) mass is 291 g/mol. The molecule has 20 heavy (non-hydrogen) atoms. The maximum absolute atomic E-state index is 11.0. The zero-order chi connectivity index (χ0) is 14.7. The van der Waals surface area contributed by atoms with Crippen molar-refractivity contribution in [3.8, 4) is 0 Å². The molecule has 1 aromatic heterocycles. The van der Waals surface area contributed by atoms with Gasteiger partial charge < -0.3 is 5.32 Å². The quantitative estimate of drug-likeness (QED) is 0.676. The van der Waals surface area contributed by atoms with E-state index < -0.39 is 0 Å². The van der Waals surface area contributed by atoms with E-state index in [1.807, 2.05) is 26.1 Å². The van der Waals surface area contributed by atoms with Crippen molar-refractivity contribution in [1.29, 1.82) is 0 Å². The van der Waals surface area contributed by atoms with Crippen LogP contribution in [0.3, 0.4) is 0 Å². The summed E-state index contributed by atoms with van der Waals surface area (Å²) in [6.07, 6.45) is 1.86. The van der Waals surface area contributed by atoms with Crippen LogP contribution in [0.25, 0.3) is 0 Å². The minimum absolute atomic E-state index is 0.0525.